The summed E-state index contributed by atoms with van der Waals surface area (Å²) in [5.41, 5.74) is 2.51. The fraction of sp³-hybridized carbons (Fsp3) is 0.318. The molecule has 2 aromatic carbocycles. The summed E-state index contributed by atoms with van der Waals surface area (Å²) in [5.74, 6) is 0.605. The average molecular weight is 472 g/mol. The molecule has 0 unspecified atom stereocenters. The molecule has 1 amide bonds. The Bertz CT molecular complexity index is 1230. The molecule has 0 spiro atoms. The number of hydrogen-bond acceptors (Lipinski definition) is 6. The fourth-order valence-corrected chi connectivity index (χ4v) is 6.00. The predicted molar refractivity (Wildman–Crippen MR) is 125 cm³/mol. The molecule has 8 nitrogen and oxygen atoms in total. The van der Waals surface area contributed by atoms with Crippen LogP contribution in [-0.4, -0.2) is 52.2 Å². The lowest BCUT2D eigenvalue weighted by Gasteiger charge is -2.16. The van der Waals surface area contributed by atoms with Gasteiger partial charge in [0.05, 0.1) is 10.6 Å². The van der Waals surface area contributed by atoms with Crippen LogP contribution in [0.3, 0.4) is 0 Å². The van der Waals surface area contributed by atoms with E-state index in [2.05, 4.69) is 15.5 Å². The van der Waals surface area contributed by atoms with E-state index in [1.165, 1.54) is 22.1 Å². The van der Waals surface area contributed by atoms with Gasteiger partial charge in [-0.05, 0) is 62.6 Å². The van der Waals surface area contributed by atoms with Gasteiger partial charge in [-0.25, -0.2) is 8.42 Å². The molecular weight excluding hydrogens is 446 g/mol. The minimum absolute atomic E-state index is 0.118. The number of carbonyl (C=O) groups excluding carboxylic acids is 1. The van der Waals surface area contributed by atoms with E-state index in [-0.39, 0.29) is 16.6 Å². The third-order valence-corrected chi connectivity index (χ3v) is 8.03. The normalized spacial score (nSPS) is 14.6. The second kappa shape index (κ2) is 9.43. The number of rotatable bonds is 7. The lowest BCUT2D eigenvalue weighted by Crippen LogP contribution is -2.28. The Morgan fingerprint density at radius 3 is 2.56 bits per heavy atom. The molecule has 1 aliphatic rings. The molecule has 1 saturated heterocycles. The molecule has 0 bridgehead atoms. The topological polar surface area (TPSA) is 97.2 Å². The summed E-state index contributed by atoms with van der Waals surface area (Å²) in [4.78, 5) is 12.8. The highest BCUT2D eigenvalue weighted by Gasteiger charge is 2.27. The molecule has 0 atom stereocenters. The molecule has 0 aliphatic carbocycles. The van der Waals surface area contributed by atoms with Crippen LogP contribution in [-0.2, 0) is 14.8 Å². The number of anilines is 1. The number of hydrogen-bond donors (Lipinski definition) is 1. The number of benzene rings is 2. The van der Waals surface area contributed by atoms with Crippen molar-refractivity contribution in [1.82, 2.24) is 19.1 Å². The molecule has 0 radical (unpaired) electrons. The van der Waals surface area contributed by atoms with Crippen LogP contribution in [0, 0.1) is 13.8 Å². The van der Waals surface area contributed by atoms with Gasteiger partial charge in [0.15, 0.2) is 5.16 Å². The van der Waals surface area contributed by atoms with Crippen LogP contribution in [0.2, 0.25) is 0 Å². The number of nitrogens with zero attached hydrogens (tertiary/aromatic N) is 4. The van der Waals surface area contributed by atoms with Gasteiger partial charge in [0.1, 0.15) is 5.82 Å². The lowest BCUT2D eigenvalue weighted by atomic mass is 10.2. The van der Waals surface area contributed by atoms with Gasteiger partial charge in [-0.2, -0.15) is 4.31 Å². The van der Waals surface area contributed by atoms with Crippen LogP contribution in [0.1, 0.15) is 24.2 Å². The van der Waals surface area contributed by atoms with Gasteiger partial charge >= 0.3 is 0 Å². The average Bonchev–Trinajstić information content (AvgIpc) is 3.43. The zero-order valence-corrected chi connectivity index (χ0v) is 19.6. The Morgan fingerprint density at radius 2 is 1.81 bits per heavy atom. The molecule has 3 aromatic rings. The lowest BCUT2D eigenvalue weighted by molar-refractivity contribution is -0.113. The van der Waals surface area contributed by atoms with Crippen molar-refractivity contribution in [1.29, 1.82) is 0 Å². The van der Waals surface area contributed by atoms with Gasteiger partial charge in [0.25, 0.3) is 0 Å². The molecule has 1 aromatic heterocycles. The zero-order chi connectivity index (χ0) is 22.7. The van der Waals surface area contributed by atoms with Crippen LogP contribution in [0.15, 0.2) is 58.6 Å². The SMILES string of the molecule is Cc1cccc(-n2c(C)nnc2SCC(=O)Nc2cccc(S(=O)(=O)N3CCCC3)c2)c1. The highest BCUT2D eigenvalue weighted by Crippen LogP contribution is 2.25. The van der Waals surface area contributed by atoms with E-state index in [1.54, 1.807) is 18.2 Å². The van der Waals surface area contributed by atoms with Crippen molar-refractivity contribution in [3.8, 4) is 5.69 Å². The third kappa shape index (κ3) is 4.87. The van der Waals surface area contributed by atoms with Crippen molar-refractivity contribution < 1.29 is 13.2 Å². The molecule has 2 heterocycles. The van der Waals surface area contributed by atoms with Crippen LogP contribution in [0.4, 0.5) is 5.69 Å². The van der Waals surface area contributed by atoms with Gasteiger partial charge in [0.2, 0.25) is 15.9 Å². The molecule has 168 valence electrons. The molecule has 4 rings (SSSR count). The minimum atomic E-state index is -3.53. The van der Waals surface area contributed by atoms with Gasteiger partial charge in [-0.15, -0.1) is 10.2 Å². The van der Waals surface area contributed by atoms with Crippen LogP contribution in [0.25, 0.3) is 5.69 Å². The maximum atomic E-state index is 12.8. The summed E-state index contributed by atoms with van der Waals surface area (Å²) in [5, 5.41) is 11.8. The molecular formula is C22H25N5O3S2. The number of aryl methyl sites for hydroxylation is 2. The first-order valence-electron chi connectivity index (χ1n) is 10.4. The third-order valence-electron chi connectivity index (χ3n) is 5.21. The van der Waals surface area contributed by atoms with Crippen LogP contribution >= 0.6 is 11.8 Å². The smallest absolute Gasteiger partial charge is 0.243 e. The largest absolute Gasteiger partial charge is 0.325 e. The summed E-state index contributed by atoms with van der Waals surface area (Å²) < 4.78 is 28.9. The van der Waals surface area contributed by atoms with E-state index >= 15 is 0 Å². The van der Waals surface area contributed by atoms with Crippen molar-refractivity contribution in [2.24, 2.45) is 0 Å². The van der Waals surface area contributed by atoms with Crippen molar-refractivity contribution in [2.45, 2.75) is 36.7 Å². The monoisotopic (exact) mass is 471 g/mol. The van der Waals surface area contributed by atoms with Gasteiger partial charge in [-0.3, -0.25) is 9.36 Å². The Hall–Kier alpha value is -2.69. The molecule has 1 N–H and O–H groups in total. The highest BCUT2D eigenvalue weighted by molar-refractivity contribution is 7.99. The molecule has 1 fully saturated rings. The first-order chi connectivity index (χ1) is 15.3. The number of amides is 1. The second-order valence-electron chi connectivity index (χ2n) is 7.68. The van der Waals surface area contributed by atoms with Crippen LogP contribution < -0.4 is 5.32 Å². The fourth-order valence-electron chi connectivity index (χ4n) is 3.64. The van der Waals surface area contributed by atoms with E-state index in [1.807, 2.05) is 42.7 Å². The maximum Gasteiger partial charge on any atom is 0.243 e. The van der Waals surface area contributed by atoms with Crippen molar-refractivity contribution in [3.63, 3.8) is 0 Å². The number of thioether (sulfide) groups is 1. The molecule has 10 heteroatoms. The summed E-state index contributed by atoms with van der Waals surface area (Å²) in [6.07, 6.45) is 1.75. The van der Waals surface area contributed by atoms with Crippen molar-refractivity contribution in [2.75, 3.05) is 24.2 Å². The summed E-state index contributed by atoms with van der Waals surface area (Å²) >= 11 is 1.28. The second-order valence-corrected chi connectivity index (χ2v) is 10.6. The number of sulfonamides is 1. The minimum Gasteiger partial charge on any atom is -0.325 e. The van der Waals surface area contributed by atoms with E-state index < -0.39 is 10.0 Å². The Labute approximate surface area is 192 Å². The maximum absolute atomic E-state index is 12.8. The first kappa shape index (κ1) is 22.5. The van der Waals surface area contributed by atoms with E-state index in [4.69, 9.17) is 0 Å². The Morgan fingerprint density at radius 1 is 1.06 bits per heavy atom. The van der Waals surface area contributed by atoms with E-state index in [0.717, 1.165) is 29.9 Å². The summed E-state index contributed by atoms with van der Waals surface area (Å²) in [6, 6.07) is 14.4. The predicted octanol–water partition coefficient (Wildman–Crippen LogP) is 3.40. The van der Waals surface area contributed by atoms with Gasteiger partial charge in [-0.1, -0.05) is 30.0 Å². The van der Waals surface area contributed by atoms with E-state index in [0.29, 0.717) is 23.9 Å². The molecule has 0 saturated carbocycles. The highest BCUT2D eigenvalue weighted by atomic mass is 32.2. The number of nitrogens with one attached hydrogen (secondary N) is 1. The van der Waals surface area contributed by atoms with Crippen molar-refractivity contribution >= 4 is 33.4 Å². The molecule has 1 aliphatic heterocycles. The zero-order valence-electron chi connectivity index (χ0n) is 18.0. The summed E-state index contributed by atoms with van der Waals surface area (Å²) in [6.45, 7) is 4.96. The molecule has 32 heavy (non-hydrogen) atoms. The number of carbonyl (C=O) groups is 1. The van der Waals surface area contributed by atoms with Gasteiger partial charge in [0, 0.05) is 24.5 Å². The standard InChI is InChI=1S/C22H25N5O3S2/c1-16-7-5-9-19(13-16)27-17(2)24-25-22(27)31-15-21(28)23-18-8-6-10-20(14-18)32(29,30)26-11-3-4-12-26/h5-10,13-14H,3-4,11-12,15H2,1-2H3,(H,23,28). The summed E-state index contributed by atoms with van der Waals surface area (Å²) in [7, 11) is -3.53. The number of aromatic nitrogens is 3. The Balaban J connectivity index is 1.44. The van der Waals surface area contributed by atoms with Crippen LogP contribution in [0.5, 0.6) is 0 Å². The quantitative estimate of drug-likeness (QED) is 0.531. The Kier molecular flexibility index (Phi) is 6.63. The van der Waals surface area contributed by atoms with Gasteiger partial charge < -0.3 is 5.32 Å². The van der Waals surface area contributed by atoms with Crippen molar-refractivity contribution in [3.05, 3.63) is 59.9 Å². The van der Waals surface area contributed by atoms with E-state index in [9.17, 15) is 13.2 Å². The first-order valence-corrected chi connectivity index (χ1v) is 12.8.